The maximum Gasteiger partial charge on any atom is 0.0786 e. The van der Waals surface area contributed by atoms with Crippen molar-refractivity contribution in [1.82, 2.24) is 0 Å². The molecule has 0 saturated heterocycles. The summed E-state index contributed by atoms with van der Waals surface area (Å²) in [6, 6.07) is 0. The van der Waals surface area contributed by atoms with E-state index in [1.807, 2.05) is 0 Å². The number of rotatable bonds is 34. The van der Waals surface area contributed by atoms with Crippen LogP contribution >= 0.6 is 0 Å². The summed E-state index contributed by atoms with van der Waals surface area (Å²) in [5.41, 5.74) is 0. The SMILES string of the molecule is CCCCCCCCCCCCCC[N+](CCCCC)(CCCCC)CCCCCCCCCCCCCC.[I-]. The van der Waals surface area contributed by atoms with Crippen molar-refractivity contribution in [2.75, 3.05) is 26.2 Å². The van der Waals surface area contributed by atoms with Crippen molar-refractivity contribution in [1.29, 1.82) is 0 Å². The molecule has 0 heterocycles. The summed E-state index contributed by atoms with van der Waals surface area (Å²) in [6.07, 6.45) is 43.8. The molecule has 0 amide bonds. The first kappa shape index (κ1) is 42.8. The van der Waals surface area contributed by atoms with E-state index in [2.05, 4.69) is 27.7 Å². The molecule has 0 fully saturated rings. The van der Waals surface area contributed by atoms with E-state index < -0.39 is 0 Å². The van der Waals surface area contributed by atoms with Gasteiger partial charge < -0.3 is 28.5 Å². The summed E-state index contributed by atoms with van der Waals surface area (Å²) in [5, 5.41) is 0. The molecule has 1 nitrogen and oxygen atoms in total. The van der Waals surface area contributed by atoms with Crippen LogP contribution in [0, 0.1) is 0 Å². The maximum atomic E-state index is 2.38. The van der Waals surface area contributed by atoms with Crippen molar-refractivity contribution in [3.63, 3.8) is 0 Å². The predicted octanol–water partition coefficient (Wildman–Crippen LogP) is 10.6. The standard InChI is InChI=1S/C38H80N.HI/c1-5-9-13-15-17-19-21-23-25-27-29-33-37-39(35-31-11-7-3,36-32-12-8-4)38-34-30-28-26-24-22-20-18-16-14-10-6-2;/h5-38H2,1-4H3;1H/q+1;/p-1. The highest BCUT2D eigenvalue weighted by molar-refractivity contribution is 4.55. The van der Waals surface area contributed by atoms with Crippen LogP contribution in [0.4, 0.5) is 0 Å². The second-order valence-corrected chi connectivity index (χ2v) is 13.4. The predicted molar refractivity (Wildman–Crippen MR) is 181 cm³/mol. The summed E-state index contributed by atoms with van der Waals surface area (Å²) in [4.78, 5) is 0. The maximum absolute atomic E-state index is 2.38. The second-order valence-electron chi connectivity index (χ2n) is 13.4. The van der Waals surface area contributed by atoms with E-state index in [4.69, 9.17) is 0 Å². The van der Waals surface area contributed by atoms with Crippen LogP contribution in [0.5, 0.6) is 0 Å². The molecule has 0 bridgehead atoms. The van der Waals surface area contributed by atoms with Gasteiger partial charge in [0.05, 0.1) is 26.2 Å². The molecule has 244 valence electrons. The summed E-state index contributed by atoms with van der Waals surface area (Å²) < 4.78 is 1.47. The molecular formula is C38H80IN. The van der Waals surface area contributed by atoms with Gasteiger partial charge in [-0.2, -0.15) is 0 Å². The van der Waals surface area contributed by atoms with Crippen molar-refractivity contribution < 1.29 is 28.5 Å². The lowest BCUT2D eigenvalue weighted by Gasteiger charge is -2.39. The van der Waals surface area contributed by atoms with E-state index >= 15 is 0 Å². The van der Waals surface area contributed by atoms with Crippen LogP contribution < -0.4 is 24.0 Å². The molecule has 0 atom stereocenters. The van der Waals surface area contributed by atoms with Crippen molar-refractivity contribution in [3.05, 3.63) is 0 Å². The Bertz CT molecular complexity index is 397. The average Bonchev–Trinajstić information content (AvgIpc) is 2.94. The lowest BCUT2D eigenvalue weighted by Crippen LogP contribution is -3.00. The van der Waals surface area contributed by atoms with Crippen molar-refractivity contribution in [3.8, 4) is 0 Å². The fourth-order valence-corrected chi connectivity index (χ4v) is 6.64. The summed E-state index contributed by atoms with van der Waals surface area (Å²) in [5.74, 6) is 0. The largest absolute Gasteiger partial charge is 1.00 e. The zero-order chi connectivity index (χ0) is 28.5. The van der Waals surface area contributed by atoms with Gasteiger partial charge in [-0.15, -0.1) is 0 Å². The number of quaternary nitrogens is 1. The molecular weight excluding hydrogens is 597 g/mol. The Kier molecular flexibility index (Phi) is 38.4. The third kappa shape index (κ3) is 30.2. The zero-order valence-electron chi connectivity index (χ0n) is 28.9. The Hall–Kier alpha value is 0.690. The Morgan fingerprint density at radius 2 is 0.375 bits per heavy atom. The van der Waals surface area contributed by atoms with E-state index in [1.54, 1.807) is 0 Å². The molecule has 0 unspecified atom stereocenters. The van der Waals surface area contributed by atoms with E-state index in [0.29, 0.717) is 0 Å². The van der Waals surface area contributed by atoms with Crippen LogP contribution in [0.3, 0.4) is 0 Å². The molecule has 2 heteroatoms. The highest BCUT2D eigenvalue weighted by Gasteiger charge is 2.25. The minimum absolute atomic E-state index is 0. The van der Waals surface area contributed by atoms with E-state index in [1.165, 1.54) is 223 Å². The van der Waals surface area contributed by atoms with E-state index in [9.17, 15) is 0 Å². The number of hydrogen-bond acceptors (Lipinski definition) is 0. The Labute approximate surface area is 273 Å². The average molecular weight is 678 g/mol. The molecule has 40 heavy (non-hydrogen) atoms. The van der Waals surface area contributed by atoms with Gasteiger partial charge in [-0.25, -0.2) is 0 Å². The van der Waals surface area contributed by atoms with Gasteiger partial charge in [-0.05, 0) is 51.4 Å². The minimum atomic E-state index is 0. The molecule has 0 aliphatic carbocycles. The molecule has 0 saturated carbocycles. The Morgan fingerprint density at radius 3 is 0.600 bits per heavy atom. The van der Waals surface area contributed by atoms with E-state index in [0.717, 1.165) is 0 Å². The molecule has 0 spiro atoms. The molecule has 0 aliphatic rings. The van der Waals surface area contributed by atoms with E-state index in [-0.39, 0.29) is 24.0 Å². The second kappa shape index (κ2) is 35.9. The fraction of sp³-hybridized carbons (Fsp3) is 1.00. The first-order valence-corrected chi connectivity index (χ1v) is 19.1. The van der Waals surface area contributed by atoms with Gasteiger partial charge in [0.15, 0.2) is 0 Å². The number of unbranched alkanes of at least 4 members (excludes halogenated alkanes) is 26. The van der Waals surface area contributed by atoms with Gasteiger partial charge in [-0.1, -0.05) is 169 Å². The molecule has 0 aromatic heterocycles. The smallest absolute Gasteiger partial charge is 0.0786 e. The number of nitrogens with zero attached hydrogens (tertiary/aromatic N) is 1. The fourth-order valence-electron chi connectivity index (χ4n) is 6.64. The first-order chi connectivity index (χ1) is 19.2. The van der Waals surface area contributed by atoms with Crippen LogP contribution in [-0.2, 0) is 0 Å². The lowest BCUT2D eigenvalue weighted by molar-refractivity contribution is -0.929. The van der Waals surface area contributed by atoms with Crippen LogP contribution in [0.2, 0.25) is 0 Å². The summed E-state index contributed by atoms with van der Waals surface area (Å²) >= 11 is 0. The molecule has 0 aromatic carbocycles. The minimum Gasteiger partial charge on any atom is -1.00 e. The van der Waals surface area contributed by atoms with Gasteiger partial charge in [0.2, 0.25) is 0 Å². The van der Waals surface area contributed by atoms with Gasteiger partial charge in [0.1, 0.15) is 0 Å². The zero-order valence-corrected chi connectivity index (χ0v) is 31.0. The molecule has 0 aromatic rings. The van der Waals surface area contributed by atoms with Crippen molar-refractivity contribution in [2.24, 2.45) is 0 Å². The Balaban J connectivity index is 0. The number of halogens is 1. The van der Waals surface area contributed by atoms with Gasteiger partial charge in [0, 0.05) is 0 Å². The van der Waals surface area contributed by atoms with Crippen LogP contribution in [0.1, 0.15) is 220 Å². The Morgan fingerprint density at radius 1 is 0.225 bits per heavy atom. The molecule has 0 N–H and O–H groups in total. The quantitative estimate of drug-likeness (QED) is 0.0361. The van der Waals surface area contributed by atoms with Gasteiger partial charge in [-0.3, -0.25) is 0 Å². The molecule has 0 rings (SSSR count). The summed E-state index contributed by atoms with van der Waals surface area (Å²) in [7, 11) is 0. The van der Waals surface area contributed by atoms with Gasteiger partial charge in [0.25, 0.3) is 0 Å². The monoisotopic (exact) mass is 678 g/mol. The first-order valence-electron chi connectivity index (χ1n) is 19.1. The highest BCUT2D eigenvalue weighted by atomic mass is 127. The molecule has 0 radical (unpaired) electrons. The third-order valence-corrected chi connectivity index (χ3v) is 9.44. The van der Waals surface area contributed by atoms with Crippen LogP contribution in [-0.4, -0.2) is 30.7 Å². The van der Waals surface area contributed by atoms with Crippen LogP contribution in [0.25, 0.3) is 0 Å². The molecule has 0 aliphatic heterocycles. The topological polar surface area (TPSA) is 0 Å². The normalized spacial score (nSPS) is 11.7. The van der Waals surface area contributed by atoms with Crippen LogP contribution in [0.15, 0.2) is 0 Å². The van der Waals surface area contributed by atoms with Gasteiger partial charge >= 0.3 is 0 Å². The highest BCUT2D eigenvalue weighted by Crippen LogP contribution is 2.20. The van der Waals surface area contributed by atoms with Crippen molar-refractivity contribution >= 4 is 0 Å². The number of hydrogen-bond donors (Lipinski definition) is 0. The lowest BCUT2D eigenvalue weighted by atomic mass is 10.0. The van der Waals surface area contributed by atoms with Crippen molar-refractivity contribution in [2.45, 2.75) is 220 Å². The third-order valence-electron chi connectivity index (χ3n) is 9.44. The summed E-state index contributed by atoms with van der Waals surface area (Å²) in [6.45, 7) is 15.3.